The molecule has 5 nitrogen and oxygen atoms in total. The summed E-state index contributed by atoms with van der Waals surface area (Å²) in [5.41, 5.74) is 1.69. The number of hydrogen-bond donors (Lipinski definition) is 0. The van der Waals surface area contributed by atoms with Crippen LogP contribution in [0.1, 0.15) is 11.3 Å². The number of imidazole rings is 1. The number of halogens is 1. The van der Waals surface area contributed by atoms with Crippen molar-refractivity contribution < 1.29 is 9.18 Å². The normalized spacial score (nSPS) is 11.4. The Bertz CT molecular complexity index is 812. The average molecular weight is 360 g/mol. The highest BCUT2D eigenvalue weighted by Gasteiger charge is 2.17. The fourth-order valence-corrected chi connectivity index (χ4v) is 3.27. The van der Waals surface area contributed by atoms with Crippen LogP contribution in [0.3, 0.4) is 0 Å². The molecule has 0 spiro atoms. The Hall–Kier alpha value is -2.25. The summed E-state index contributed by atoms with van der Waals surface area (Å²) in [6, 6.07) is 6.29. The lowest BCUT2D eigenvalue weighted by molar-refractivity contribution is -0.131. The molecule has 0 saturated carbocycles. The van der Waals surface area contributed by atoms with Crippen LogP contribution in [0.25, 0.3) is 4.96 Å². The van der Waals surface area contributed by atoms with E-state index in [1.54, 1.807) is 28.4 Å². The summed E-state index contributed by atoms with van der Waals surface area (Å²) < 4.78 is 15.0. The number of benzene rings is 1. The van der Waals surface area contributed by atoms with Crippen molar-refractivity contribution in [3.05, 3.63) is 59.1 Å². The van der Waals surface area contributed by atoms with Crippen LogP contribution >= 0.6 is 11.3 Å². The van der Waals surface area contributed by atoms with Gasteiger partial charge in [0.1, 0.15) is 5.82 Å². The number of hydrogen-bond acceptors (Lipinski definition) is 4. The fourth-order valence-electron chi connectivity index (χ4n) is 2.55. The number of thiazole rings is 1. The van der Waals surface area contributed by atoms with E-state index in [2.05, 4.69) is 4.98 Å². The van der Waals surface area contributed by atoms with Crippen LogP contribution in [0.4, 0.5) is 4.39 Å². The van der Waals surface area contributed by atoms with Crippen LogP contribution in [0, 0.1) is 5.82 Å². The van der Waals surface area contributed by atoms with Gasteiger partial charge in [0.2, 0.25) is 5.91 Å². The van der Waals surface area contributed by atoms with Gasteiger partial charge in [0.15, 0.2) is 4.96 Å². The summed E-state index contributed by atoms with van der Waals surface area (Å²) in [5, 5.41) is 1.96. The zero-order valence-electron chi connectivity index (χ0n) is 14.4. The summed E-state index contributed by atoms with van der Waals surface area (Å²) >= 11 is 1.55. The second-order valence-corrected chi connectivity index (χ2v) is 7.12. The van der Waals surface area contributed by atoms with Gasteiger partial charge in [-0.1, -0.05) is 12.1 Å². The van der Waals surface area contributed by atoms with Crippen molar-refractivity contribution >= 4 is 22.2 Å². The third kappa shape index (κ3) is 4.64. The van der Waals surface area contributed by atoms with Crippen LogP contribution in [0.15, 0.2) is 42.0 Å². The van der Waals surface area contributed by atoms with E-state index in [1.807, 2.05) is 41.2 Å². The molecule has 132 valence electrons. The molecule has 3 aromatic rings. The molecule has 0 fully saturated rings. The van der Waals surface area contributed by atoms with Crippen molar-refractivity contribution in [3.63, 3.8) is 0 Å². The van der Waals surface area contributed by atoms with Gasteiger partial charge in [-0.2, -0.15) is 0 Å². The molecule has 0 aliphatic rings. The second kappa shape index (κ2) is 7.76. The molecule has 0 saturated heterocycles. The quantitative estimate of drug-likeness (QED) is 0.650. The summed E-state index contributed by atoms with van der Waals surface area (Å²) in [6.07, 6.45) is 4.10. The van der Waals surface area contributed by atoms with Crippen molar-refractivity contribution in [2.24, 2.45) is 0 Å². The van der Waals surface area contributed by atoms with E-state index in [1.165, 1.54) is 12.1 Å². The lowest BCUT2D eigenvalue weighted by Gasteiger charge is -2.24. The number of rotatable bonds is 7. The highest BCUT2D eigenvalue weighted by Crippen LogP contribution is 2.13. The first kappa shape index (κ1) is 17.6. The summed E-state index contributed by atoms with van der Waals surface area (Å²) in [6.45, 7) is 1.85. The monoisotopic (exact) mass is 360 g/mol. The van der Waals surface area contributed by atoms with Crippen molar-refractivity contribution in [1.82, 2.24) is 19.2 Å². The number of nitrogens with zero attached hydrogens (tertiary/aromatic N) is 4. The van der Waals surface area contributed by atoms with Crippen molar-refractivity contribution in [2.45, 2.75) is 13.0 Å². The topological polar surface area (TPSA) is 40.9 Å². The van der Waals surface area contributed by atoms with E-state index < -0.39 is 0 Å². The van der Waals surface area contributed by atoms with Crippen molar-refractivity contribution in [3.8, 4) is 0 Å². The minimum atomic E-state index is -0.270. The number of fused-ring (bicyclic) bond motifs is 1. The molecule has 3 rings (SSSR count). The molecule has 0 bridgehead atoms. The Morgan fingerprint density at radius 2 is 2.00 bits per heavy atom. The smallest absolute Gasteiger partial charge is 0.228 e. The lowest BCUT2D eigenvalue weighted by Crippen LogP contribution is -2.37. The van der Waals surface area contributed by atoms with E-state index >= 15 is 0 Å². The van der Waals surface area contributed by atoms with Crippen LogP contribution in [0.5, 0.6) is 0 Å². The molecule has 7 heteroatoms. The van der Waals surface area contributed by atoms with Gasteiger partial charge in [0, 0.05) is 37.4 Å². The van der Waals surface area contributed by atoms with Gasteiger partial charge >= 0.3 is 0 Å². The predicted molar refractivity (Wildman–Crippen MR) is 97.1 cm³/mol. The van der Waals surface area contributed by atoms with Gasteiger partial charge in [-0.3, -0.25) is 9.20 Å². The Morgan fingerprint density at radius 1 is 1.24 bits per heavy atom. The van der Waals surface area contributed by atoms with Crippen LogP contribution in [-0.2, 0) is 17.8 Å². The second-order valence-electron chi connectivity index (χ2n) is 6.25. The van der Waals surface area contributed by atoms with Gasteiger partial charge in [-0.25, -0.2) is 9.37 Å². The van der Waals surface area contributed by atoms with Crippen molar-refractivity contribution in [2.75, 3.05) is 27.2 Å². The molecule has 0 radical (unpaired) electrons. The average Bonchev–Trinajstić information content (AvgIpc) is 3.14. The first-order chi connectivity index (χ1) is 12.0. The molecule has 0 atom stereocenters. The van der Waals surface area contributed by atoms with E-state index in [9.17, 15) is 9.18 Å². The summed E-state index contributed by atoms with van der Waals surface area (Å²) in [5.74, 6) is -0.245. The van der Waals surface area contributed by atoms with Gasteiger partial charge in [-0.15, -0.1) is 11.3 Å². The molecule has 0 unspecified atom stereocenters. The van der Waals surface area contributed by atoms with Gasteiger partial charge in [0.05, 0.1) is 12.1 Å². The van der Waals surface area contributed by atoms with E-state index in [-0.39, 0.29) is 18.1 Å². The highest BCUT2D eigenvalue weighted by molar-refractivity contribution is 7.15. The Kier molecular flexibility index (Phi) is 5.45. The molecule has 0 N–H and O–H groups in total. The third-order valence-electron chi connectivity index (χ3n) is 3.93. The highest BCUT2D eigenvalue weighted by atomic mass is 32.1. The van der Waals surface area contributed by atoms with E-state index in [0.717, 1.165) is 22.8 Å². The third-order valence-corrected chi connectivity index (χ3v) is 4.70. The van der Waals surface area contributed by atoms with E-state index in [4.69, 9.17) is 0 Å². The molecular formula is C18H21FN4OS. The maximum absolute atomic E-state index is 13.1. The molecule has 25 heavy (non-hydrogen) atoms. The Balaban J connectivity index is 1.71. The zero-order chi connectivity index (χ0) is 17.8. The number of amides is 1. The number of aromatic nitrogens is 2. The number of likely N-dealkylation sites (N-methyl/N-ethyl adjacent to an activating group) is 1. The fraction of sp³-hybridized carbons (Fsp3) is 0.333. The lowest BCUT2D eigenvalue weighted by atomic mass is 10.2. The SMILES string of the molecule is CN(C)CCN(Cc1ccc(F)cc1)C(=O)Cc1cn2ccsc2n1. The largest absolute Gasteiger partial charge is 0.337 e. The summed E-state index contributed by atoms with van der Waals surface area (Å²) in [4.78, 5) is 22.0. The molecule has 1 aromatic carbocycles. The Morgan fingerprint density at radius 3 is 2.68 bits per heavy atom. The van der Waals surface area contributed by atoms with Gasteiger partial charge in [-0.05, 0) is 31.8 Å². The summed E-state index contributed by atoms with van der Waals surface area (Å²) in [7, 11) is 3.95. The standard InChI is InChI=1S/C18H21FN4OS/c1-21(2)7-8-22(12-14-3-5-15(19)6-4-14)17(24)11-16-13-23-9-10-25-18(23)20-16/h3-6,9-10,13H,7-8,11-12H2,1-2H3. The minimum absolute atomic E-state index is 0.0249. The minimum Gasteiger partial charge on any atom is -0.337 e. The van der Waals surface area contributed by atoms with Gasteiger partial charge in [0.25, 0.3) is 0 Å². The van der Waals surface area contributed by atoms with Crippen molar-refractivity contribution in [1.29, 1.82) is 0 Å². The molecule has 0 aliphatic carbocycles. The van der Waals surface area contributed by atoms with Crippen LogP contribution < -0.4 is 0 Å². The molecule has 2 heterocycles. The molecule has 2 aromatic heterocycles. The maximum atomic E-state index is 13.1. The predicted octanol–water partition coefficient (Wildman–Crippen LogP) is 2.67. The molecule has 1 amide bonds. The number of carbonyl (C=O) groups is 1. The first-order valence-corrected chi connectivity index (χ1v) is 8.97. The van der Waals surface area contributed by atoms with Crippen LogP contribution in [-0.4, -0.2) is 52.3 Å². The van der Waals surface area contributed by atoms with E-state index in [0.29, 0.717) is 13.1 Å². The Labute approximate surface area is 150 Å². The van der Waals surface area contributed by atoms with Crippen LogP contribution in [0.2, 0.25) is 0 Å². The molecule has 0 aliphatic heterocycles. The number of carbonyl (C=O) groups excluding carboxylic acids is 1. The zero-order valence-corrected chi connectivity index (χ0v) is 15.2. The van der Waals surface area contributed by atoms with Gasteiger partial charge < -0.3 is 9.80 Å². The maximum Gasteiger partial charge on any atom is 0.228 e. The first-order valence-electron chi connectivity index (χ1n) is 8.09. The molecular weight excluding hydrogens is 339 g/mol.